The van der Waals surface area contributed by atoms with Crippen molar-refractivity contribution in [3.63, 3.8) is 0 Å². The van der Waals surface area contributed by atoms with Crippen LogP contribution in [0.5, 0.6) is 11.5 Å². The number of aryl methyl sites for hydroxylation is 1. The average Bonchev–Trinajstić information content (AvgIpc) is 3.02. The summed E-state index contributed by atoms with van der Waals surface area (Å²) in [5.41, 5.74) is 5.86. The Kier molecular flexibility index (Phi) is 6.36. The fourth-order valence-corrected chi connectivity index (χ4v) is 3.16. The maximum atomic E-state index is 12.3. The van der Waals surface area contributed by atoms with Crippen LogP contribution in [0.15, 0.2) is 47.6 Å². The van der Waals surface area contributed by atoms with Crippen LogP contribution in [0.25, 0.3) is 10.9 Å². The lowest BCUT2D eigenvalue weighted by molar-refractivity contribution is -0.120. The zero-order valence-electron chi connectivity index (χ0n) is 17.4. The summed E-state index contributed by atoms with van der Waals surface area (Å²) in [5, 5.41) is 7.65. The summed E-state index contributed by atoms with van der Waals surface area (Å²) < 4.78 is 12.4. The number of benzene rings is 2. The van der Waals surface area contributed by atoms with Crippen molar-refractivity contribution in [1.82, 2.24) is 15.3 Å². The highest BCUT2D eigenvalue weighted by Gasteiger charge is 2.12. The molecule has 0 atom stereocenters. The summed E-state index contributed by atoms with van der Waals surface area (Å²) in [6, 6.07) is 12.7. The topological polar surface area (TPSA) is 94.0 Å². The molecule has 1 aromatic heterocycles. The molecule has 0 spiro atoms. The number of rotatable bonds is 7. The van der Waals surface area contributed by atoms with Crippen molar-refractivity contribution < 1.29 is 19.1 Å². The lowest BCUT2D eigenvalue weighted by Gasteiger charge is -2.09. The molecule has 8 nitrogen and oxygen atoms in total. The number of carbonyl (C=O) groups is 2. The molecule has 156 valence electrons. The number of methoxy groups -OCH3 is 2. The fraction of sp³-hybridized carbons (Fsp3) is 0.227. The van der Waals surface area contributed by atoms with Crippen LogP contribution < -0.4 is 20.2 Å². The van der Waals surface area contributed by atoms with E-state index in [1.54, 1.807) is 24.4 Å². The molecule has 0 fully saturated rings. The third kappa shape index (κ3) is 4.27. The maximum absolute atomic E-state index is 12.3. The van der Waals surface area contributed by atoms with Gasteiger partial charge in [0, 0.05) is 34.8 Å². The number of fused-ring (bicyclic) bond motifs is 1. The zero-order chi connectivity index (χ0) is 21.7. The van der Waals surface area contributed by atoms with Gasteiger partial charge >= 0.3 is 0 Å². The molecular formula is C22H24N4O4. The molecule has 0 aliphatic carbocycles. The van der Waals surface area contributed by atoms with E-state index in [1.165, 1.54) is 14.2 Å². The number of para-hydroxylation sites is 1. The van der Waals surface area contributed by atoms with E-state index in [1.807, 2.05) is 38.2 Å². The Balaban J connectivity index is 1.59. The van der Waals surface area contributed by atoms with Crippen molar-refractivity contribution in [1.29, 1.82) is 0 Å². The van der Waals surface area contributed by atoms with E-state index in [0.29, 0.717) is 17.1 Å². The highest BCUT2D eigenvalue weighted by atomic mass is 16.5. The van der Waals surface area contributed by atoms with Crippen molar-refractivity contribution in [2.24, 2.45) is 12.1 Å². The van der Waals surface area contributed by atoms with Gasteiger partial charge in [0.1, 0.15) is 0 Å². The molecule has 1 heterocycles. The lowest BCUT2D eigenvalue weighted by Crippen LogP contribution is -2.34. The Bertz CT molecular complexity index is 1120. The summed E-state index contributed by atoms with van der Waals surface area (Å²) in [6.45, 7) is 1.78. The molecule has 2 N–H and O–H groups in total. The summed E-state index contributed by atoms with van der Waals surface area (Å²) >= 11 is 0. The highest BCUT2D eigenvalue weighted by Crippen LogP contribution is 2.27. The summed E-state index contributed by atoms with van der Waals surface area (Å²) in [6.07, 6.45) is 1.62. The second-order valence-electron chi connectivity index (χ2n) is 6.62. The van der Waals surface area contributed by atoms with Crippen LogP contribution in [0, 0.1) is 6.92 Å². The second kappa shape index (κ2) is 9.13. The minimum absolute atomic E-state index is 0.209. The Labute approximate surface area is 174 Å². The molecule has 30 heavy (non-hydrogen) atoms. The molecule has 0 saturated carbocycles. The molecule has 0 radical (unpaired) electrons. The average molecular weight is 408 g/mol. The van der Waals surface area contributed by atoms with Gasteiger partial charge in [0.25, 0.3) is 11.8 Å². The van der Waals surface area contributed by atoms with Crippen LogP contribution in [0.4, 0.5) is 0 Å². The van der Waals surface area contributed by atoms with E-state index in [9.17, 15) is 9.59 Å². The molecule has 0 aliphatic rings. The number of carbonyl (C=O) groups excluding carboxylic acids is 2. The molecule has 0 aliphatic heterocycles. The molecule has 0 saturated heterocycles. The third-order valence-corrected chi connectivity index (χ3v) is 4.89. The van der Waals surface area contributed by atoms with Crippen molar-refractivity contribution in [2.45, 2.75) is 6.92 Å². The largest absolute Gasteiger partial charge is 0.493 e. The predicted octanol–water partition coefficient (Wildman–Crippen LogP) is 2.38. The van der Waals surface area contributed by atoms with Crippen molar-refractivity contribution in [3.8, 4) is 11.5 Å². The first kappa shape index (κ1) is 20.9. The minimum atomic E-state index is -0.432. The van der Waals surface area contributed by atoms with Gasteiger partial charge in [0.15, 0.2) is 11.5 Å². The molecule has 2 amide bonds. The van der Waals surface area contributed by atoms with Gasteiger partial charge in [-0.25, -0.2) is 5.43 Å². The number of nitrogens with zero attached hydrogens (tertiary/aromatic N) is 2. The number of hydrogen-bond acceptors (Lipinski definition) is 5. The number of ether oxygens (including phenoxy) is 2. The number of aromatic nitrogens is 1. The van der Waals surface area contributed by atoms with E-state index in [4.69, 9.17) is 9.47 Å². The maximum Gasteiger partial charge on any atom is 0.259 e. The van der Waals surface area contributed by atoms with Crippen LogP contribution in [-0.4, -0.2) is 43.4 Å². The third-order valence-electron chi connectivity index (χ3n) is 4.89. The van der Waals surface area contributed by atoms with Crippen LogP contribution >= 0.6 is 0 Å². The number of amides is 2. The molecule has 0 unspecified atom stereocenters. The van der Waals surface area contributed by atoms with E-state index in [-0.39, 0.29) is 6.54 Å². The van der Waals surface area contributed by atoms with Gasteiger partial charge < -0.3 is 19.4 Å². The zero-order valence-corrected chi connectivity index (χ0v) is 17.4. The highest BCUT2D eigenvalue weighted by molar-refractivity contribution is 6.01. The van der Waals surface area contributed by atoms with E-state index >= 15 is 0 Å². The van der Waals surface area contributed by atoms with Crippen LogP contribution in [0.3, 0.4) is 0 Å². The smallest absolute Gasteiger partial charge is 0.259 e. The SMILES string of the molecule is COc1ccc(C(=O)NCC(=O)NN=Cc2c(C)n(C)c3ccccc23)cc1OC. The first-order valence-electron chi connectivity index (χ1n) is 9.32. The Hall–Kier alpha value is -3.81. The molecule has 3 rings (SSSR count). The van der Waals surface area contributed by atoms with Crippen LogP contribution in [-0.2, 0) is 11.8 Å². The summed E-state index contributed by atoms with van der Waals surface area (Å²) in [7, 11) is 4.99. The van der Waals surface area contributed by atoms with Gasteiger partial charge in [-0.3, -0.25) is 9.59 Å². The van der Waals surface area contributed by atoms with E-state index in [2.05, 4.69) is 20.4 Å². The molecule has 2 aromatic carbocycles. The standard InChI is InChI=1S/C22H24N4O4/c1-14-17(16-7-5-6-8-18(16)26(14)2)12-24-25-21(27)13-23-22(28)15-9-10-19(29-3)20(11-15)30-4/h5-12H,13H2,1-4H3,(H,23,28)(H,25,27). The summed E-state index contributed by atoms with van der Waals surface area (Å²) in [4.78, 5) is 24.3. The van der Waals surface area contributed by atoms with Crippen LogP contribution in [0.2, 0.25) is 0 Å². The lowest BCUT2D eigenvalue weighted by atomic mass is 10.1. The second-order valence-corrected chi connectivity index (χ2v) is 6.62. The monoisotopic (exact) mass is 408 g/mol. The summed E-state index contributed by atoms with van der Waals surface area (Å²) in [5.74, 6) is 0.118. The number of nitrogens with one attached hydrogen (secondary N) is 2. The molecular weight excluding hydrogens is 384 g/mol. The molecule has 3 aromatic rings. The van der Waals surface area contributed by atoms with Crippen molar-refractivity contribution in [3.05, 3.63) is 59.3 Å². The number of hydrogen-bond donors (Lipinski definition) is 2. The predicted molar refractivity (Wildman–Crippen MR) is 115 cm³/mol. The Morgan fingerprint density at radius 1 is 1.10 bits per heavy atom. The minimum Gasteiger partial charge on any atom is -0.493 e. The van der Waals surface area contributed by atoms with Crippen molar-refractivity contribution in [2.75, 3.05) is 20.8 Å². The van der Waals surface area contributed by atoms with Gasteiger partial charge in [-0.15, -0.1) is 0 Å². The van der Waals surface area contributed by atoms with Crippen LogP contribution in [0.1, 0.15) is 21.6 Å². The quantitative estimate of drug-likeness (QED) is 0.464. The Morgan fingerprint density at radius 3 is 2.57 bits per heavy atom. The van der Waals surface area contributed by atoms with Gasteiger partial charge in [0.05, 0.1) is 27.0 Å². The Morgan fingerprint density at radius 2 is 1.83 bits per heavy atom. The number of hydrazone groups is 1. The first-order chi connectivity index (χ1) is 14.5. The van der Waals surface area contributed by atoms with Gasteiger partial charge in [-0.05, 0) is 31.2 Å². The first-order valence-corrected chi connectivity index (χ1v) is 9.32. The molecule has 8 heteroatoms. The normalized spacial score (nSPS) is 10.9. The molecule has 0 bridgehead atoms. The van der Waals surface area contributed by atoms with Gasteiger partial charge in [0.2, 0.25) is 0 Å². The van der Waals surface area contributed by atoms with E-state index in [0.717, 1.165) is 22.2 Å². The van der Waals surface area contributed by atoms with E-state index < -0.39 is 11.8 Å². The van der Waals surface area contributed by atoms with Gasteiger partial charge in [-0.1, -0.05) is 18.2 Å². The van der Waals surface area contributed by atoms with Gasteiger partial charge in [-0.2, -0.15) is 5.10 Å². The fourth-order valence-electron chi connectivity index (χ4n) is 3.16. The van der Waals surface area contributed by atoms with Crippen molar-refractivity contribution >= 4 is 28.9 Å².